The monoisotopic (exact) mass is 378 g/mol. The third-order valence-electron chi connectivity index (χ3n) is 5.96. The standard InChI is InChI=1S/C19H34N6O2/c1-15-23-24-17(25(15)2)13-21-18(20-12-16-6-4-10-27-16)22-14-19(7-5-8-19)9-11-26-3/h16H,4-14H2,1-3H3,(H2,20,21,22). The molecule has 2 aliphatic rings. The maximum absolute atomic E-state index is 5.73. The van der Waals surface area contributed by atoms with Gasteiger partial charge < -0.3 is 24.7 Å². The molecule has 1 saturated carbocycles. The number of ether oxygens (including phenoxy) is 2. The van der Waals surface area contributed by atoms with E-state index in [4.69, 9.17) is 14.5 Å². The van der Waals surface area contributed by atoms with Gasteiger partial charge in [0.2, 0.25) is 0 Å². The molecule has 27 heavy (non-hydrogen) atoms. The zero-order chi connectivity index (χ0) is 19.1. The Labute approximate surface area is 162 Å². The molecule has 3 rings (SSSR count). The van der Waals surface area contributed by atoms with Crippen LogP contribution in [0.15, 0.2) is 4.99 Å². The summed E-state index contributed by atoms with van der Waals surface area (Å²) >= 11 is 0. The molecule has 8 nitrogen and oxygen atoms in total. The number of aryl methyl sites for hydroxylation is 1. The van der Waals surface area contributed by atoms with Crippen LogP contribution in [0.25, 0.3) is 0 Å². The number of aromatic nitrogens is 3. The second-order valence-corrected chi connectivity index (χ2v) is 7.85. The summed E-state index contributed by atoms with van der Waals surface area (Å²) in [4.78, 5) is 4.76. The van der Waals surface area contributed by atoms with Crippen molar-refractivity contribution in [2.75, 3.05) is 33.4 Å². The van der Waals surface area contributed by atoms with Crippen molar-refractivity contribution < 1.29 is 9.47 Å². The molecule has 1 saturated heterocycles. The lowest BCUT2D eigenvalue weighted by Gasteiger charge is -2.42. The molecule has 1 aromatic heterocycles. The Hall–Kier alpha value is -1.67. The largest absolute Gasteiger partial charge is 0.385 e. The lowest BCUT2D eigenvalue weighted by Crippen LogP contribution is -2.48. The van der Waals surface area contributed by atoms with Crippen molar-refractivity contribution in [2.45, 2.75) is 58.1 Å². The van der Waals surface area contributed by atoms with Crippen LogP contribution in [0.5, 0.6) is 0 Å². The van der Waals surface area contributed by atoms with Gasteiger partial charge in [0.25, 0.3) is 0 Å². The molecule has 2 fully saturated rings. The number of rotatable bonds is 9. The number of methoxy groups -OCH3 is 1. The van der Waals surface area contributed by atoms with Crippen molar-refractivity contribution in [1.29, 1.82) is 0 Å². The molecule has 0 radical (unpaired) electrons. The Kier molecular flexibility index (Phi) is 7.07. The molecule has 1 aliphatic carbocycles. The number of nitrogens with one attached hydrogen (secondary N) is 2. The van der Waals surface area contributed by atoms with Gasteiger partial charge in [0, 0.05) is 40.5 Å². The van der Waals surface area contributed by atoms with Crippen LogP contribution in [-0.4, -0.2) is 60.2 Å². The van der Waals surface area contributed by atoms with Crippen LogP contribution in [0.2, 0.25) is 0 Å². The highest BCUT2D eigenvalue weighted by Gasteiger charge is 2.36. The molecule has 1 aromatic rings. The summed E-state index contributed by atoms with van der Waals surface area (Å²) < 4.78 is 13.0. The minimum absolute atomic E-state index is 0.278. The number of hydrogen-bond donors (Lipinski definition) is 2. The SMILES string of the molecule is COCCC1(CNC(=NCc2nnc(C)n2C)NCC2CCCO2)CCC1. The van der Waals surface area contributed by atoms with E-state index in [-0.39, 0.29) is 6.10 Å². The predicted molar refractivity (Wildman–Crippen MR) is 105 cm³/mol. The smallest absolute Gasteiger partial charge is 0.191 e. The number of aliphatic imine (C=N–C) groups is 1. The summed E-state index contributed by atoms with van der Waals surface area (Å²) in [6, 6.07) is 0. The van der Waals surface area contributed by atoms with Crippen molar-refractivity contribution in [3.63, 3.8) is 0 Å². The topological polar surface area (TPSA) is 85.6 Å². The Morgan fingerprint density at radius 1 is 1.33 bits per heavy atom. The summed E-state index contributed by atoms with van der Waals surface area (Å²) in [5.41, 5.74) is 0.337. The van der Waals surface area contributed by atoms with Gasteiger partial charge in [0.05, 0.1) is 6.10 Å². The molecule has 152 valence electrons. The first-order chi connectivity index (χ1) is 13.1. The van der Waals surface area contributed by atoms with Crippen LogP contribution in [0.4, 0.5) is 0 Å². The van der Waals surface area contributed by atoms with Crippen LogP contribution >= 0.6 is 0 Å². The van der Waals surface area contributed by atoms with Gasteiger partial charge >= 0.3 is 0 Å². The van der Waals surface area contributed by atoms with Crippen molar-refractivity contribution >= 4 is 5.96 Å². The van der Waals surface area contributed by atoms with Crippen LogP contribution in [0.1, 0.15) is 50.2 Å². The van der Waals surface area contributed by atoms with E-state index in [1.807, 2.05) is 18.5 Å². The molecule has 0 spiro atoms. The Morgan fingerprint density at radius 2 is 2.19 bits per heavy atom. The first-order valence-corrected chi connectivity index (χ1v) is 10.1. The lowest BCUT2D eigenvalue weighted by molar-refractivity contribution is 0.0731. The van der Waals surface area contributed by atoms with Crippen LogP contribution < -0.4 is 10.6 Å². The van der Waals surface area contributed by atoms with E-state index in [2.05, 4.69) is 20.8 Å². The van der Waals surface area contributed by atoms with Gasteiger partial charge in [-0.15, -0.1) is 10.2 Å². The maximum Gasteiger partial charge on any atom is 0.191 e. The fourth-order valence-corrected chi connectivity index (χ4v) is 3.71. The van der Waals surface area contributed by atoms with Gasteiger partial charge in [-0.2, -0.15) is 0 Å². The number of nitrogens with zero attached hydrogens (tertiary/aromatic N) is 4. The first kappa shape index (κ1) is 20.1. The lowest BCUT2D eigenvalue weighted by atomic mass is 9.67. The molecule has 0 amide bonds. The zero-order valence-electron chi connectivity index (χ0n) is 17.0. The number of hydrogen-bond acceptors (Lipinski definition) is 5. The van der Waals surface area contributed by atoms with Crippen molar-refractivity contribution in [3.8, 4) is 0 Å². The van der Waals surface area contributed by atoms with Gasteiger partial charge in [-0.1, -0.05) is 6.42 Å². The summed E-state index contributed by atoms with van der Waals surface area (Å²) in [5, 5.41) is 15.3. The molecule has 2 N–H and O–H groups in total. The van der Waals surface area contributed by atoms with E-state index in [0.29, 0.717) is 12.0 Å². The third kappa shape index (κ3) is 5.42. The Bertz CT molecular complexity index is 620. The van der Waals surface area contributed by atoms with Gasteiger partial charge in [-0.3, -0.25) is 0 Å². The second kappa shape index (κ2) is 9.50. The van der Waals surface area contributed by atoms with Crippen molar-refractivity contribution in [3.05, 3.63) is 11.6 Å². The summed E-state index contributed by atoms with van der Waals surface area (Å²) in [6.07, 6.45) is 7.44. The summed E-state index contributed by atoms with van der Waals surface area (Å²) in [5.74, 6) is 2.59. The molecule has 1 aliphatic heterocycles. The van der Waals surface area contributed by atoms with E-state index in [9.17, 15) is 0 Å². The fraction of sp³-hybridized carbons (Fsp3) is 0.842. The van der Waals surface area contributed by atoms with Crippen molar-refractivity contribution in [2.24, 2.45) is 17.5 Å². The van der Waals surface area contributed by atoms with E-state index in [0.717, 1.165) is 63.2 Å². The van der Waals surface area contributed by atoms with Crippen molar-refractivity contribution in [1.82, 2.24) is 25.4 Å². The average Bonchev–Trinajstić information content (AvgIpc) is 3.27. The summed E-state index contributed by atoms with van der Waals surface area (Å²) in [6.45, 7) is 5.84. The van der Waals surface area contributed by atoms with Gasteiger partial charge in [-0.25, -0.2) is 4.99 Å². The zero-order valence-corrected chi connectivity index (χ0v) is 17.0. The molecule has 1 atom stereocenters. The van der Waals surface area contributed by atoms with E-state index >= 15 is 0 Å². The first-order valence-electron chi connectivity index (χ1n) is 10.1. The molecular weight excluding hydrogens is 344 g/mol. The normalized spacial score (nSPS) is 21.9. The van der Waals surface area contributed by atoms with Gasteiger partial charge in [-0.05, 0) is 44.4 Å². The van der Waals surface area contributed by atoms with E-state index in [1.165, 1.54) is 19.3 Å². The van der Waals surface area contributed by atoms with E-state index in [1.54, 1.807) is 7.11 Å². The molecule has 8 heteroatoms. The van der Waals surface area contributed by atoms with E-state index < -0.39 is 0 Å². The van der Waals surface area contributed by atoms with Crippen LogP contribution in [0.3, 0.4) is 0 Å². The van der Waals surface area contributed by atoms with Crippen LogP contribution in [0, 0.1) is 12.3 Å². The quantitative estimate of drug-likeness (QED) is 0.501. The number of guanidine groups is 1. The highest BCUT2D eigenvalue weighted by atomic mass is 16.5. The summed E-state index contributed by atoms with van der Waals surface area (Å²) in [7, 11) is 3.75. The Morgan fingerprint density at radius 3 is 2.78 bits per heavy atom. The van der Waals surface area contributed by atoms with Gasteiger partial charge in [0.1, 0.15) is 12.4 Å². The van der Waals surface area contributed by atoms with Crippen LogP contribution in [-0.2, 0) is 23.1 Å². The van der Waals surface area contributed by atoms with Gasteiger partial charge in [0.15, 0.2) is 11.8 Å². The molecular formula is C19H34N6O2. The highest BCUT2D eigenvalue weighted by Crippen LogP contribution is 2.43. The predicted octanol–water partition coefficient (Wildman–Crippen LogP) is 1.54. The maximum atomic E-state index is 5.73. The molecule has 0 aromatic carbocycles. The minimum Gasteiger partial charge on any atom is -0.385 e. The highest BCUT2D eigenvalue weighted by molar-refractivity contribution is 5.79. The molecule has 0 bridgehead atoms. The second-order valence-electron chi connectivity index (χ2n) is 7.85. The average molecular weight is 379 g/mol. The Balaban J connectivity index is 1.59. The third-order valence-corrected chi connectivity index (χ3v) is 5.96. The molecule has 1 unspecified atom stereocenters. The molecule has 2 heterocycles. The fourth-order valence-electron chi connectivity index (χ4n) is 3.71. The minimum atomic E-state index is 0.278.